The first-order valence-electron chi connectivity index (χ1n) is 6.97. The minimum absolute atomic E-state index is 0.0805. The van der Waals surface area contributed by atoms with Gasteiger partial charge in [-0.3, -0.25) is 9.48 Å². The number of nitrogens with one attached hydrogen (secondary N) is 1. The number of carbonyl (C=O) groups excluding carboxylic acids is 1. The average molecular weight is 282 g/mol. The quantitative estimate of drug-likeness (QED) is 0.714. The van der Waals surface area contributed by atoms with Crippen LogP contribution in [0.15, 0.2) is 0 Å². The lowest BCUT2D eigenvalue weighted by Crippen LogP contribution is -2.30. The molecular weight excluding hydrogens is 256 g/mol. The van der Waals surface area contributed by atoms with E-state index in [-0.39, 0.29) is 5.91 Å². The van der Waals surface area contributed by atoms with Gasteiger partial charge in [0.25, 0.3) is 0 Å². The van der Waals surface area contributed by atoms with Crippen molar-refractivity contribution in [2.75, 3.05) is 33.9 Å². The Bertz CT molecular complexity index is 443. The molecular formula is C14H26N4O2. The zero-order valence-electron chi connectivity index (χ0n) is 13.2. The van der Waals surface area contributed by atoms with Gasteiger partial charge in [0.15, 0.2) is 0 Å². The van der Waals surface area contributed by atoms with Crippen LogP contribution in [0, 0.1) is 13.8 Å². The predicted octanol–water partition coefficient (Wildman–Crippen LogP) is 0.714. The van der Waals surface area contributed by atoms with E-state index in [9.17, 15) is 4.79 Å². The summed E-state index contributed by atoms with van der Waals surface area (Å²) in [6.07, 6.45) is 0. The van der Waals surface area contributed by atoms with Crippen LogP contribution >= 0.6 is 0 Å². The molecule has 0 atom stereocenters. The molecule has 1 aromatic rings. The van der Waals surface area contributed by atoms with Crippen molar-refractivity contribution >= 4 is 5.91 Å². The fraction of sp³-hybridized carbons (Fsp3) is 0.714. The molecule has 20 heavy (non-hydrogen) atoms. The van der Waals surface area contributed by atoms with Crippen LogP contribution in [0.2, 0.25) is 0 Å². The Hall–Kier alpha value is -1.40. The van der Waals surface area contributed by atoms with Gasteiger partial charge >= 0.3 is 0 Å². The van der Waals surface area contributed by atoms with Crippen molar-refractivity contribution in [3.63, 3.8) is 0 Å². The fourth-order valence-electron chi connectivity index (χ4n) is 1.96. The SMILES string of the molecule is CCN(C)C(=O)Cn1nc(C)c(CNCCOC)c1C. The summed E-state index contributed by atoms with van der Waals surface area (Å²) in [5.41, 5.74) is 3.18. The molecule has 6 heteroatoms. The second-order valence-electron chi connectivity index (χ2n) is 4.88. The molecule has 0 unspecified atom stereocenters. The fourth-order valence-corrected chi connectivity index (χ4v) is 1.96. The van der Waals surface area contributed by atoms with Crippen LogP contribution in [0.3, 0.4) is 0 Å². The van der Waals surface area contributed by atoms with Crippen molar-refractivity contribution in [3.8, 4) is 0 Å². The van der Waals surface area contributed by atoms with Gasteiger partial charge in [0.1, 0.15) is 6.54 Å². The number of aromatic nitrogens is 2. The topological polar surface area (TPSA) is 59.4 Å². The van der Waals surface area contributed by atoms with Crippen LogP contribution in [-0.2, 0) is 22.6 Å². The number of hydrogen-bond acceptors (Lipinski definition) is 4. The number of rotatable bonds is 8. The summed E-state index contributed by atoms with van der Waals surface area (Å²) < 4.78 is 6.79. The van der Waals surface area contributed by atoms with Crippen molar-refractivity contribution < 1.29 is 9.53 Å². The van der Waals surface area contributed by atoms with Gasteiger partial charge in [0, 0.05) is 45.0 Å². The summed E-state index contributed by atoms with van der Waals surface area (Å²) in [6, 6.07) is 0. The lowest BCUT2D eigenvalue weighted by molar-refractivity contribution is -0.130. The minimum Gasteiger partial charge on any atom is -0.383 e. The summed E-state index contributed by atoms with van der Waals surface area (Å²) in [5.74, 6) is 0.0805. The molecule has 1 N–H and O–H groups in total. The Morgan fingerprint density at radius 2 is 2.15 bits per heavy atom. The number of carbonyl (C=O) groups is 1. The maximum absolute atomic E-state index is 11.9. The third-order valence-corrected chi connectivity index (χ3v) is 3.50. The lowest BCUT2D eigenvalue weighted by Gasteiger charge is -2.15. The maximum Gasteiger partial charge on any atom is 0.244 e. The van der Waals surface area contributed by atoms with E-state index < -0.39 is 0 Å². The van der Waals surface area contributed by atoms with Crippen LogP contribution in [-0.4, -0.2) is 54.4 Å². The number of aryl methyl sites for hydroxylation is 1. The molecule has 114 valence electrons. The van der Waals surface area contributed by atoms with E-state index in [2.05, 4.69) is 10.4 Å². The van der Waals surface area contributed by atoms with Crippen molar-refractivity contribution in [2.24, 2.45) is 0 Å². The number of nitrogens with zero attached hydrogens (tertiary/aromatic N) is 3. The molecule has 0 radical (unpaired) electrons. The van der Waals surface area contributed by atoms with E-state index in [1.807, 2.05) is 20.8 Å². The van der Waals surface area contributed by atoms with Crippen LogP contribution in [0.25, 0.3) is 0 Å². The molecule has 0 aromatic carbocycles. The van der Waals surface area contributed by atoms with Crippen LogP contribution < -0.4 is 5.32 Å². The average Bonchev–Trinajstić information content (AvgIpc) is 2.69. The Balaban J connectivity index is 2.68. The lowest BCUT2D eigenvalue weighted by atomic mass is 10.2. The van der Waals surface area contributed by atoms with E-state index in [0.717, 1.165) is 30.0 Å². The molecule has 0 aliphatic rings. The first-order valence-corrected chi connectivity index (χ1v) is 6.97. The van der Waals surface area contributed by atoms with Gasteiger partial charge in [-0.2, -0.15) is 5.10 Å². The second-order valence-corrected chi connectivity index (χ2v) is 4.88. The highest BCUT2D eigenvalue weighted by Crippen LogP contribution is 2.12. The van der Waals surface area contributed by atoms with Gasteiger partial charge in [0.05, 0.1) is 12.3 Å². The molecule has 0 aliphatic carbocycles. The van der Waals surface area contributed by atoms with Crippen molar-refractivity contribution in [2.45, 2.75) is 33.9 Å². The van der Waals surface area contributed by atoms with E-state index in [0.29, 0.717) is 19.7 Å². The smallest absolute Gasteiger partial charge is 0.244 e. The molecule has 0 saturated heterocycles. The Labute approximate surface area is 121 Å². The Kier molecular flexibility index (Phi) is 6.67. The molecule has 0 aliphatic heterocycles. The van der Waals surface area contributed by atoms with Crippen LogP contribution in [0.4, 0.5) is 0 Å². The first-order chi connectivity index (χ1) is 9.51. The van der Waals surface area contributed by atoms with Gasteiger partial charge in [-0.15, -0.1) is 0 Å². The maximum atomic E-state index is 11.9. The standard InChI is InChI=1S/C14H26N4O2/c1-6-17(4)14(19)10-18-12(3)13(11(2)16-18)9-15-7-8-20-5/h15H,6-10H2,1-5H3. The largest absolute Gasteiger partial charge is 0.383 e. The molecule has 0 bridgehead atoms. The van der Waals surface area contributed by atoms with Crippen molar-refractivity contribution in [1.82, 2.24) is 20.0 Å². The number of likely N-dealkylation sites (N-methyl/N-ethyl adjacent to an activating group) is 1. The summed E-state index contributed by atoms with van der Waals surface area (Å²) in [5, 5.41) is 7.77. The zero-order chi connectivity index (χ0) is 15.1. The number of methoxy groups -OCH3 is 1. The molecule has 0 saturated carbocycles. The minimum atomic E-state index is 0.0805. The summed E-state index contributed by atoms with van der Waals surface area (Å²) in [7, 11) is 3.49. The highest BCUT2D eigenvalue weighted by Gasteiger charge is 2.15. The molecule has 0 spiro atoms. The zero-order valence-corrected chi connectivity index (χ0v) is 13.2. The monoisotopic (exact) mass is 282 g/mol. The molecule has 6 nitrogen and oxygen atoms in total. The van der Waals surface area contributed by atoms with E-state index in [1.165, 1.54) is 0 Å². The van der Waals surface area contributed by atoms with Gasteiger partial charge in [0.2, 0.25) is 5.91 Å². The van der Waals surface area contributed by atoms with Gasteiger partial charge in [-0.25, -0.2) is 0 Å². The summed E-state index contributed by atoms with van der Waals surface area (Å²) in [4.78, 5) is 13.6. The summed E-state index contributed by atoms with van der Waals surface area (Å²) in [6.45, 7) is 9.20. The highest BCUT2D eigenvalue weighted by atomic mass is 16.5. The van der Waals surface area contributed by atoms with Crippen LogP contribution in [0.1, 0.15) is 23.9 Å². The molecule has 1 aromatic heterocycles. The molecule has 1 rings (SSSR count). The van der Waals surface area contributed by atoms with E-state index in [1.54, 1.807) is 23.7 Å². The predicted molar refractivity (Wildman–Crippen MR) is 78.6 cm³/mol. The van der Waals surface area contributed by atoms with Gasteiger partial charge in [-0.1, -0.05) is 0 Å². The third-order valence-electron chi connectivity index (χ3n) is 3.50. The Morgan fingerprint density at radius 1 is 1.45 bits per heavy atom. The van der Waals surface area contributed by atoms with Crippen molar-refractivity contribution in [3.05, 3.63) is 17.0 Å². The van der Waals surface area contributed by atoms with Crippen LogP contribution in [0.5, 0.6) is 0 Å². The second kappa shape index (κ2) is 8.01. The summed E-state index contributed by atoms with van der Waals surface area (Å²) >= 11 is 0. The number of amides is 1. The Morgan fingerprint density at radius 3 is 2.75 bits per heavy atom. The highest BCUT2D eigenvalue weighted by molar-refractivity contribution is 5.75. The third kappa shape index (κ3) is 4.31. The number of ether oxygens (including phenoxy) is 1. The molecule has 1 heterocycles. The first kappa shape index (κ1) is 16.7. The molecule has 1 amide bonds. The number of hydrogen-bond donors (Lipinski definition) is 1. The normalized spacial score (nSPS) is 10.8. The molecule has 0 fully saturated rings. The van der Waals surface area contributed by atoms with Crippen molar-refractivity contribution in [1.29, 1.82) is 0 Å². The van der Waals surface area contributed by atoms with Gasteiger partial charge in [-0.05, 0) is 20.8 Å². The van der Waals surface area contributed by atoms with E-state index >= 15 is 0 Å². The van der Waals surface area contributed by atoms with Gasteiger partial charge < -0.3 is 15.0 Å². The van der Waals surface area contributed by atoms with E-state index in [4.69, 9.17) is 4.74 Å².